The Hall–Kier alpha value is -0.0800. The Labute approximate surface area is 101 Å². The van der Waals surface area contributed by atoms with Crippen molar-refractivity contribution in [2.45, 2.75) is 70.5 Å². The summed E-state index contributed by atoms with van der Waals surface area (Å²) in [6.07, 6.45) is 8.55. The molecule has 2 heterocycles. The summed E-state index contributed by atoms with van der Waals surface area (Å²) in [5.41, 5.74) is 0. The summed E-state index contributed by atoms with van der Waals surface area (Å²) in [4.78, 5) is 5.32. The molecule has 2 rings (SSSR count). The maximum atomic E-state index is 2.75. The van der Waals surface area contributed by atoms with Crippen LogP contribution in [0.15, 0.2) is 0 Å². The van der Waals surface area contributed by atoms with Crippen LogP contribution >= 0.6 is 0 Å². The molecule has 0 N–H and O–H groups in total. The molecule has 2 heteroatoms. The van der Waals surface area contributed by atoms with Crippen LogP contribution in [0.2, 0.25) is 0 Å². The normalized spacial score (nSPS) is 33.8. The van der Waals surface area contributed by atoms with Crippen LogP contribution in [0.25, 0.3) is 0 Å². The lowest BCUT2D eigenvalue weighted by Gasteiger charge is -2.40. The number of hydrogen-bond donors (Lipinski definition) is 0. The fourth-order valence-corrected chi connectivity index (χ4v) is 3.55. The highest BCUT2D eigenvalue weighted by molar-refractivity contribution is 4.86. The molecule has 16 heavy (non-hydrogen) atoms. The van der Waals surface area contributed by atoms with Crippen LogP contribution < -0.4 is 0 Å². The van der Waals surface area contributed by atoms with Gasteiger partial charge in [0.05, 0.1) is 0 Å². The Morgan fingerprint density at radius 3 is 2.38 bits per heavy atom. The van der Waals surface area contributed by atoms with Gasteiger partial charge in [-0.1, -0.05) is 6.42 Å². The van der Waals surface area contributed by atoms with Crippen molar-refractivity contribution in [3.8, 4) is 0 Å². The second-order valence-corrected chi connectivity index (χ2v) is 5.99. The van der Waals surface area contributed by atoms with Gasteiger partial charge in [0.2, 0.25) is 0 Å². The highest BCUT2D eigenvalue weighted by atomic mass is 15.2. The fraction of sp³-hybridized carbons (Fsp3) is 1.00. The predicted molar refractivity (Wildman–Crippen MR) is 69.8 cm³/mol. The van der Waals surface area contributed by atoms with Crippen molar-refractivity contribution in [1.29, 1.82) is 0 Å². The largest absolute Gasteiger partial charge is 0.303 e. The molecule has 0 spiro atoms. The third kappa shape index (κ3) is 2.78. The summed E-state index contributed by atoms with van der Waals surface area (Å²) in [7, 11) is 2.31. The van der Waals surface area contributed by atoms with E-state index < -0.39 is 0 Å². The molecule has 0 aromatic heterocycles. The van der Waals surface area contributed by atoms with Crippen molar-refractivity contribution >= 4 is 0 Å². The van der Waals surface area contributed by atoms with Crippen molar-refractivity contribution in [1.82, 2.24) is 9.80 Å². The molecule has 0 aromatic carbocycles. The van der Waals surface area contributed by atoms with E-state index in [0.717, 1.165) is 18.1 Å². The molecule has 2 saturated heterocycles. The second-order valence-electron chi connectivity index (χ2n) is 5.99. The molecule has 0 saturated carbocycles. The first kappa shape index (κ1) is 12.4. The van der Waals surface area contributed by atoms with Crippen LogP contribution in [-0.2, 0) is 0 Å². The maximum absolute atomic E-state index is 2.75. The Balaban J connectivity index is 1.90. The number of likely N-dealkylation sites (tertiary alicyclic amines) is 2. The molecule has 2 atom stereocenters. The van der Waals surface area contributed by atoms with Gasteiger partial charge in [-0.2, -0.15) is 0 Å². The van der Waals surface area contributed by atoms with E-state index in [2.05, 4.69) is 30.7 Å². The van der Waals surface area contributed by atoms with E-state index in [4.69, 9.17) is 0 Å². The standard InChI is InChI=1S/C14H28N2/c1-12(2)16-10-5-4-7-14(16)11-13-8-6-9-15(13)3/h12-14H,4-11H2,1-3H3. The van der Waals surface area contributed by atoms with Crippen molar-refractivity contribution in [3.63, 3.8) is 0 Å². The number of hydrogen-bond acceptors (Lipinski definition) is 2. The molecule has 0 aromatic rings. The third-order valence-electron chi connectivity index (χ3n) is 4.55. The number of rotatable bonds is 3. The van der Waals surface area contributed by atoms with Crippen molar-refractivity contribution in [2.75, 3.05) is 20.1 Å². The zero-order valence-corrected chi connectivity index (χ0v) is 11.3. The second kappa shape index (κ2) is 5.50. The number of nitrogens with zero attached hydrogens (tertiary/aromatic N) is 2. The van der Waals surface area contributed by atoms with Crippen LogP contribution in [0.4, 0.5) is 0 Å². The van der Waals surface area contributed by atoms with Gasteiger partial charge in [-0.3, -0.25) is 4.90 Å². The van der Waals surface area contributed by atoms with Crippen LogP contribution in [0.3, 0.4) is 0 Å². The van der Waals surface area contributed by atoms with E-state index in [1.165, 1.54) is 51.6 Å². The van der Waals surface area contributed by atoms with E-state index in [1.54, 1.807) is 0 Å². The zero-order valence-electron chi connectivity index (χ0n) is 11.3. The van der Waals surface area contributed by atoms with E-state index in [-0.39, 0.29) is 0 Å². The summed E-state index contributed by atoms with van der Waals surface area (Å²) in [5, 5.41) is 0. The molecule has 0 amide bonds. The molecule has 2 fully saturated rings. The summed E-state index contributed by atoms with van der Waals surface area (Å²) in [6.45, 7) is 7.37. The van der Waals surface area contributed by atoms with Crippen LogP contribution in [-0.4, -0.2) is 48.1 Å². The lowest BCUT2D eigenvalue weighted by molar-refractivity contribution is 0.0871. The average molecular weight is 224 g/mol. The van der Waals surface area contributed by atoms with E-state index in [0.29, 0.717) is 0 Å². The van der Waals surface area contributed by atoms with E-state index in [1.807, 2.05) is 0 Å². The molecule has 2 aliphatic rings. The summed E-state index contributed by atoms with van der Waals surface area (Å²) < 4.78 is 0. The van der Waals surface area contributed by atoms with Gasteiger partial charge in [-0.05, 0) is 66.1 Å². The average Bonchev–Trinajstić information content (AvgIpc) is 2.65. The Bertz CT molecular complexity index is 215. The molecular weight excluding hydrogens is 196 g/mol. The highest BCUT2D eigenvalue weighted by Gasteiger charge is 2.30. The van der Waals surface area contributed by atoms with Gasteiger partial charge in [0.25, 0.3) is 0 Å². The van der Waals surface area contributed by atoms with Crippen molar-refractivity contribution in [3.05, 3.63) is 0 Å². The molecule has 94 valence electrons. The topological polar surface area (TPSA) is 6.48 Å². The molecule has 2 unspecified atom stereocenters. The van der Waals surface area contributed by atoms with Crippen molar-refractivity contribution < 1.29 is 0 Å². The van der Waals surface area contributed by atoms with Gasteiger partial charge in [-0.15, -0.1) is 0 Å². The van der Waals surface area contributed by atoms with Crippen LogP contribution in [0, 0.1) is 0 Å². The zero-order chi connectivity index (χ0) is 11.5. The van der Waals surface area contributed by atoms with Gasteiger partial charge in [0.1, 0.15) is 0 Å². The lowest BCUT2D eigenvalue weighted by atomic mass is 9.94. The minimum Gasteiger partial charge on any atom is -0.303 e. The van der Waals surface area contributed by atoms with Crippen LogP contribution in [0.5, 0.6) is 0 Å². The van der Waals surface area contributed by atoms with E-state index in [9.17, 15) is 0 Å². The minimum atomic E-state index is 0.733. The quantitative estimate of drug-likeness (QED) is 0.727. The molecule has 0 radical (unpaired) electrons. The fourth-order valence-electron chi connectivity index (χ4n) is 3.55. The smallest absolute Gasteiger partial charge is 0.0113 e. The summed E-state index contributed by atoms with van der Waals surface area (Å²) in [6, 6.07) is 2.46. The maximum Gasteiger partial charge on any atom is 0.0113 e. The summed E-state index contributed by atoms with van der Waals surface area (Å²) >= 11 is 0. The monoisotopic (exact) mass is 224 g/mol. The van der Waals surface area contributed by atoms with Gasteiger partial charge in [0.15, 0.2) is 0 Å². The molecule has 2 nitrogen and oxygen atoms in total. The van der Waals surface area contributed by atoms with Crippen molar-refractivity contribution in [2.24, 2.45) is 0 Å². The molecule has 0 aliphatic carbocycles. The first-order valence-corrected chi connectivity index (χ1v) is 7.14. The van der Waals surface area contributed by atoms with Gasteiger partial charge in [0, 0.05) is 18.1 Å². The van der Waals surface area contributed by atoms with Gasteiger partial charge >= 0.3 is 0 Å². The van der Waals surface area contributed by atoms with Gasteiger partial charge in [-0.25, -0.2) is 0 Å². The Kier molecular flexibility index (Phi) is 4.26. The lowest BCUT2D eigenvalue weighted by Crippen LogP contribution is -2.46. The van der Waals surface area contributed by atoms with E-state index >= 15 is 0 Å². The molecule has 0 bridgehead atoms. The Morgan fingerprint density at radius 1 is 1.00 bits per heavy atom. The van der Waals surface area contributed by atoms with Crippen LogP contribution in [0.1, 0.15) is 52.4 Å². The predicted octanol–water partition coefficient (Wildman–Crippen LogP) is 2.73. The highest BCUT2D eigenvalue weighted by Crippen LogP contribution is 2.27. The third-order valence-corrected chi connectivity index (χ3v) is 4.55. The minimum absolute atomic E-state index is 0.733. The number of piperidine rings is 1. The molecule has 2 aliphatic heterocycles. The molecular formula is C14H28N2. The Morgan fingerprint density at radius 2 is 1.75 bits per heavy atom. The van der Waals surface area contributed by atoms with Gasteiger partial charge < -0.3 is 4.90 Å². The SMILES string of the molecule is CC(C)N1CCCCC1CC1CCCN1C. The summed E-state index contributed by atoms with van der Waals surface area (Å²) in [5.74, 6) is 0. The first-order chi connectivity index (χ1) is 7.68. The first-order valence-electron chi connectivity index (χ1n) is 7.14.